The monoisotopic (exact) mass is 406 g/mol. The van der Waals surface area contributed by atoms with Crippen LogP contribution in [-0.2, 0) is 16.2 Å². The standard InChI is InChI=1S/C19H26N4O4S/c1-12(2)23-17(13-5-7-15(26-3)8-6-13)20-22(19(23)28)11-21-10-14(24)9-16(21)18(25)27-4/h5-8,12,14,16,24H,9-11H2,1-4H3/t14-,16-/m0/s1. The topological polar surface area (TPSA) is 81.8 Å². The van der Waals surface area contributed by atoms with Crippen LogP contribution in [0.3, 0.4) is 0 Å². The van der Waals surface area contributed by atoms with Crippen LogP contribution >= 0.6 is 12.2 Å². The summed E-state index contributed by atoms with van der Waals surface area (Å²) < 4.78 is 14.3. The summed E-state index contributed by atoms with van der Waals surface area (Å²) in [6, 6.07) is 7.25. The smallest absolute Gasteiger partial charge is 0.323 e. The molecule has 9 heteroatoms. The molecule has 1 fully saturated rings. The number of aliphatic hydroxyl groups is 1. The van der Waals surface area contributed by atoms with Crippen molar-refractivity contribution in [2.75, 3.05) is 20.8 Å². The van der Waals surface area contributed by atoms with Gasteiger partial charge in [-0.2, -0.15) is 5.10 Å². The van der Waals surface area contributed by atoms with E-state index < -0.39 is 12.1 Å². The van der Waals surface area contributed by atoms with E-state index in [4.69, 9.17) is 26.8 Å². The summed E-state index contributed by atoms with van der Waals surface area (Å²) in [5.41, 5.74) is 0.922. The van der Waals surface area contributed by atoms with Gasteiger partial charge in [0.2, 0.25) is 0 Å². The molecule has 152 valence electrons. The van der Waals surface area contributed by atoms with E-state index in [2.05, 4.69) is 0 Å². The summed E-state index contributed by atoms with van der Waals surface area (Å²) in [7, 11) is 2.98. The molecule has 1 N–H and O–H groups in total. The molecule has 0 unspecified atom stereocenters. The highest BCUT2D eigenvalue weighted by molar-refractivity contribution is 7.71. The van der Waals surface area contributed by atoms with Gasteiger partial charge in [0.1, 0.15) is 11.8 Å². The summed E-state index contributed by atoms with van der Waals surface area (Å²) >= 11 is 5.67. The van der Waals surface area contributed by atoms with Crippen molar-refractivity contribution >= 4 is 18.2 Å². The molecular weight excluding hydrogens is 380 g/mol. The lowest BCUT2D eigenvalue weighted by Gasteiger charge is -2.21. The Morgan fingerprint density at radius 2 is 2.00 bits per heavy atom. The molecule has 1 aromatic carbocycles. The fraction of sp³-hybridized carbons (Fsp3) is 0.526. The van der Waals surface area contributed by atoms with E-state index in [1.807, 2.05) is 47.6 Å². The zero-order valence-electron chi connectivity index (χ0n) is 16.5. The lowest BCUT2D eigenvalue weighted by Crippen LogP contribution is -2.38. The van der Waals surface area contributed by atoms with Crippen LogP contribution in [0.2, 0.25) is 0 Å². The average molecular weight is 407 g/mol. The fourth-order valence-corrected chi connectivity index (χ4v) is 3.90. The number of ether oxygens (including phenoxy) is 2. The van der Waals surface area contributed by atoms with E-state index in [-0.39, 0.29) is 12.0 Å². The third-order valence-electron chi connectivity index (χ3n) is 4.91. The van der Waals surface area contributed by atoms with Gasteiger partial charge in [-0.3, -0.25) is 14.3 Å². The van der Waals surface area contributed by atoms with Gasteiger partial charge in [-0.15, -0.1) is 0 Å². The van der Waals surface area contributed by atoms with Gasteiger partial charge >= 0.3 is 5.97 Å². The molecule has 2 atom stereocenters. The Balaban J connectivity index is 1.96. The molecule has 0 radical (unpaired) electrons. The first-order valence-corrected chi connectivity index (χ1v) is 9.60. The second kappa shape index (κ2) is 8.42. The second-order valence-corrected chi connectivity index (χ2v) is 7.50. The number of rotatable bonds is 6. The number of carbonyl (C=O) groups is 1. The predicted molar refractivity (Wildman–Crippen MR) is 107 cm³/mol. The van der Waals surface area contributed by atoms with E-state index in [1.165, 1.54) is 7.11 Å². The molecule has 1 saturated heterocycles. The van der Waals surface area contributed by atoms with Crippen molar-refractivity contribution in [2.24, 2.45) is 0 Å². The van der Waals surface area contributed by atoms with Crippen LogP contribution < -0.4 is 4.74 Å². The SMILES string of the molecule is COC(=O)[C@@H]1C[C@H](O)CN1Cn1nc(-c2ccc(OC)cc2)n(C(C)C)c1=S. The lowest BCUT2D eigenvalue weighted by atomic mass is 10.2. The maximum atomic E-state index is 12.1. The van der Waals surface area contributed by atoms with Gasteiger partial charge in [0, 0.05) is 24.6 Å². The summed E-state index contributed by atoms with van der Waals surface area (Å²) in [5.74, 6) is 1.16. The molecule has 28 heavy (non-hydrogen) atoms. The minimum atomic E-state index is -0.577. The van der Waals surface area contributed by atoms with E-state index in [1.54, 1.807) is 11.8 Å². The molecular formula is C19H26N4O4S. The Morgan fingerprint density at radius 1 is 1.32 bits per heavy atom. The van der Waals surface area contributed by atoms with Crippen molar-refractivity contribution < 1.29 is 19.4 Å². The van der Waals surface area contributed by atoms with E-state index in [0.717, 1.165) is 17.1 Å². The number of methoxy groups -OCH3 is 2. The summed E-state index contributed by atoms with van der Waals surface area (Å²) in [6.07, 6.45) is -0.234. The van der Waals surface area contributed by atoms with Crippen LogP contribution in [0.5, 0.6) is 5.75 Å². The highest BCUT2D eigenvalue weighted by Crippen LogP contribution is 2.26. The summed E-state index contributed by atoms with van der Waals surface area (Å²) in [4.78, 5) is 13.9. The first-order chi connectivity index (χ1) is 13.3. The molecule has 0 bridgehead atoms. The van der Waals surface area contributed by atoms with E-state index in [0.29, 0.717) is 24.4 Å². The Kier molecular flexibility index (Phi) is 6.17. The number of hydrogen-bond acceptors (Lipinski definition) is 7. The third kappa shape index (κ3) is 3.96. The molecule has 0 spiro atoms. The second-order valence-electron chi connectivity index (χ2n) is 7.14. The number of aliphatic hydroxyl groups excluding tert-OH is 1. The van der Waals surface area contributed by atoms with Crippen LogP contribution in [0.25, 0.3) is 11.4 Å². The minimum absolute atomic E-state index is 0.110. The van der Waals surface area contributed by atoms with Crippen molar-refractivity contribution in [2.45, 2.75) is 45.1 Å². The van der Waals surface area contributed by atoms with Crippen LogP contribution in [0.4, 0.5) is 0 Å². The van der Waals surface area contributed by atoms with Gasteiger partial charge in [-0.05, 0) is 50.3 Å². The quantitative estimate of drug-likeness (QED) is 0.582. The van der Waals surface area contributed by atoms with E-state index >= 15 is 0 Å². The Labute approximate surface area is 169 Å². The van der Waals surface area contributed by atoms with Gasteiger partial charge in [-0.25, -0.2) is 4.68 Å². The Hall–Kier alpha value is -2.23. The predicted octanol–water partition coefficient (Wildman–Crippen LogP) is 2.24. The zero-order valence-corrected chi connectivity index (χ0v) is 17.3. The molecule has 1 aliphatic heterocycles. The molecule has 2 aromatic rings. The molecule has 0 amide bonds. The van der Waals surface area contributed by atoms with Crippen molar-refractivity contribution in [3.05, 3.63) is 29.0 Å². The van der Waals surface area contributed by atoms with Gasteiger partial charge in [0.05, 0.1) is 27.0 Å². The lowest BCUT2D eigenvalue weighted by molar-refractivity contribution is -0.146. The molecule has 8 nitrogen and oxygen atoms in total. The Bertz CT molecular complexity index is 890. The minimum Gasteiger partial charge on any atom is -0.497 e. The molecule has 1 aliphatic rings. The van der Waals surface area contributed by atoms with Crippen LogP contribution in [0.1, 0.15) is 26.3 Å². The molecule has 0 aliphatic carbocycles. The zero-order chi connectivity index (χ0) is 20.4. The third-order valence-corrected chi connectivity index (χ3v) is 5.31. The molecule has 2 heterocycles. The maximum Gasteiger partial charge on any atom is 0.323 e. The number of aromatic nitrogens is 3. The largest absolute Gasteiger partial charge is 0.497 e. The number of esters is 1. The first kappa shape index (κ1) is 20.5. The van der Waals surface area contributed by atoms with Gasteiger partial charge in [-0.1, -0.05) is 0 Å². The van der Waals surface area contributed by atoms with Crippen LogP contribution in [0.15, 0.2) is 24.3 Å². The number of carbonyl (C=O) groups excluding carboxylic acids is 1. The summed E-state index contributed by atoms with van der Waals surface area (Å²) in [6.45, 7) is 4.77. The maximum absolute atomic E-state index is 12.1. The highest BCUT2D eigenvalue weighted by Gasteiger charge is 2.37. The van der Waals surface area contributed by atoms with Crippen molar-refractivity contribution in [1.82, 2.24) is 19.2 Å². The number of likely N-dealkylation sites (tertiary alicyclic amines) is 1. The summed E-state index contributed by atoms with van der Waals surface area (Å²) in [5, 5.41) is 14.7. The number of β-amino-alcohol motifs (C(OH)–C–C–N with tert-alkyl or cyclic N) is 1. The van der Waals surface area contributed by atoms with Crippen LogP contribution in [0, 0.1) is 4.77 Å². The first-order valence-electron chi connectivity index (χ1n) is 9.19. The average Bonchev–Trinajstić information content (AvgIpc) is 3.21. The van der Waals surface area contributed by atoms with Gasteiger partial charge in [0.25, 0.3) is 0 Å². The molecule has 0 saturated carbocycles. The number of nitrogens with zero attached hydrogens (tertiary/aromatic N) is 4. The molecule has 3 rings (SSSR count). The van der Waals surface area contributed by atoms with Gasteiger partial charge < -0.3 is 14.6 Å². The van der Waals surface area contributed by atoms with Crippen LogP contribution in [-0.4, -0.2) is 63.2 Å². The van der Waals surface area contributed by atoms with Crippen molar-refractivity contribution in [3.8, 4) is 17.1 Å². The van der Waals surface area contributed by atoms with Crippen molar-refractivity contribution in [1.29, 1.82) is 0 Å². The number of benzene rings is 1. The molecule has 1 aromatic heterocycles. The fourth-order valence-electron chi connectivity index (χ4n) is 3.50. The highest BCUT2D eigenvalue weighted by atomic mass is 32.1. The number of hydrogen-bond donors (Lipinski definition) is 1. The van der Waals surface area contributed by atoms with E-state index in [9.17, 15) is 9.90 Å². The van der Waals surface area contributed by atoms with Gasteiger partial charge in [0.15, 0.2) is 10.6 Å². The van der Waals surface area contributed by atoms with Crippen molar-refractivity contribution in [3.63, 3.8) is 0 Å². The normalized spacial score (nSPS) is 19.9. The Morgan fingerprint density at radius 3 is 2.57 bits per heavy atom.